The zero-order valence-corrected chi connectivity index (χ0v) is 14.3. The highest BCUT2D eigenvalue weighted by Crippen LogP contribution is 2.22. The van der Waals surface area contributed by atoms with E-state index in [4.69, 9.17) is 0 Å². The number of rotatable bonds is 3. The molecule has 0 saturated carbocycles. The fourth-order valence-electron chi connectivity index (χ4n) is 3.20. The topological polar surface area (TPSA) is 86.9 Å². The van der Waals surface area contributed by atoms with Gasteiger partial charge in [-0.1, -0.05) is 18.6 Å². The number of fused-ring (bicyclic) bond motifs is 1. The third-order valence-corrected chi connectivity index (χ3v) is 4.61. The molecule has 4 rings (SSSR count). The van der Waals surface area contributed by atoms with Gasteiger partial charge in [-0.2, -0.15) is 0 Å². The van der Waals surface area contributed by atoms with E-state index in [1.807, 2.05) is 48.5 Å². The first-order valence-electron chi connectivity index (χ1n) is 8.84. The number of carbonyl (C=O) groups is 2. The molecule has 0 bridgehead atoms. The molecular formula is C20H20N4O2. The lowest BCUT2D eigenvalue weighted by Crippen LogP contribution is -2.42. The second-order valence-corrected chi connectivity index (χ2v) is 6.54. The number of carbonyl (C=O) groups excluding carboxylic acids is 2. The van der Waals surface area contributed by atoms with Crippen LogP contribution in [0.2, 0.25) is 0 Å². The van der Waals surface area contributed by atoms with Crippen molar-refractivity contribution in [3.8, 4) is 11.4 Å². The lowest BCUT2D eigenvalue weighted by molar-refractivity contribution is -0.125. The van der Waals surface area contributed by atoms with Gasteiger partial charge >= 0.3 is 0 Å². The zero-order valence-electron chi connectivity index (χ0n) is 14.3. The van der Waals surface area contributed by atoms with Crippen molar-refractivity contribution in [3.63, 3.8) is 0 Å². The van der Waals surface area contributed by atoms with Gasteiger partial charge < -0.3 is 15.6 Å². The van der Waals surface area contributed by atoms with E-state index in [1.165, 1.54) is 0 Å². The van der Waals surface area contributed by atoms with Gasteiger partial charge in [0, 0.05) is 17.7 Å². The van der Waals surface area contributed by atoms with Crippen LogP contribution in [-0.4, -0.2) is 27.8 Å². The van der Waals surface area contributed by atoms with Crippen LogP contribution in [0.25, 0.3) is 22.4 Å². The van der Waals surface area contributed by atoms with Crippen LogP contribution in [0.15, 0.2) is 48.5 Å². The Morgan fingerprint density at radius 2 is 1.88 bits per heavy atom. The van der Waals surface area contributed by atoms with Crippen molar-refractivity contribution in [2.75, 3.05) is 5.32 Å². The van der Waals surface area contributed by atoms with Crippen LogP contribution in [0.1, 0.15) is 25.7 Å². The molecule has 6 nitrogen and oxygen atoms in total. The van der Waals surface area contributed by atoms with E-state index < -0.39 is 6.04 Å². The van der Waals surface area contributed by atoms with E-state index in [9.17, 15) is 9.59 Å². The molecular weight excluding hydrogens is 328 g/mol. The van der Waals surface area contributed by atoms with Crippen molar-refractivity contribution in [2.45, 2.75) is 31.7 Å². The summed E-state index contributed by atoms with van der Waals surface area (Å²) >= 11 is 0. The molecule has 1 fully saturated rings. The second kappa shape index (κ2) is 7.00. The summed E-state index contributed by atoms with van der Waals surface area (Å²) in [4.78, 5) is 31.9. The Morgan fingerprint density at radius 1 is 1.08 bits per heavy atom. The second-order valence-electron chi connectivity index (χ2n) is 6.54. The molecule has 2 heterocycles. The molecule has 2 amide bonds. The Balaban J connectivity index is 1.47. The summed E-state index contributed by atoms with van der Waals surface area (Å²) in [5.74, 6) is 0.569. The standard InChI is InChI=1S/C20H20N4O2/c25-18-8-4-3-7-17(22-18)20(26)21-14-11-9-13(10-12-14)19-23-15-5-1-2-6-16(15)24-19/h1-2,5-6,9-12,17H,3-4,7-8H2,(H,21,26)(H,22,25)(H,23,24). The molecule has 1 unspecified atom stereocenters. The maximum Gasteiger partial charge on any atom is 0.246 e. The molecule has 2 aromatic carbocycles. The summed E-state index contributed by atoms with van der Waals surface area (Å²) in [6.45, 7) is 0. The Morgan fingerprint density at radius 3 is 2.69 bits per heavy atom. The van der Waals surface area contributed by atoms with Crippen molar-refractivity contribution in [3.05, 3.63) is 48.5 Å². The fraction of sp³-hybridized carbons (Fsp3) is 0.250. The quantitative estimate of drug-likeness (QED) is 0.679. The normalized spacial score (nSPS) is 17.5. The molecule has 6 heteroatoms. The molecule has 0 aliphatic carbocycles. The van der Waals surface area contributed by atoms with E-state index in [0.717, 1.165) is 35.3 Å². The molecule has 0 spiro atoms. The molecule has 3 aromatic rings. The minimum atomic E-state index is -0.458. The Bertz CT molecular complexity index is 913. The van der Waals surface area contributed by atoms with Gasteiger partial charge in [-0.05, 0) is 49.2 Å². The number of H-pyrrole nitrogens is 1. The number of para-hydroxylation sites is 2. The van der Waals surface area contributed by atoms with Gasteiger partial charge in [0.25, 0.3) is 0 Å². The first-order chi connectivity index (χ1) is 12.7. The number of anilines is 1. The number of aromatic amines is 1. The van der Waals surface area contributed by atoms with E-state index in [2.05, 4.69) is 20.6 Å². The van der Waals surface area contributed by atoms with Crippen molar-refractivity contribution in [1.82, 2.24) is 15.3 Å². The maximum atomic E-state index is 12.4. The Hall–Kier alpha value is -3.15. The summed E-state index contributed by atoms with van der Waals surface area (Å²) < 4.78 is 0. The van der Waals surface area contributed by atoms with Gasteiger partial charge in [0.05, 0.1) is 11.0 Å². The van der Waals surface area contributed by atoms with Crippen LogP contribution in [0.5, 0.6) is 0 Å². The van der Waals surface area contributed by atoms with Crippen LogP contribution < -0.4 is 10.6 Å². The van der Waals surface area contributed by atoms with Gasteiger partial charge in [-0.25, -0.2) is 4.98 Å². The van der Waals surface area contributed by atoms with Crippen molar-refractivity contribution in [2.24, 2.45) is 0 Å². The lowest BCUT2D eigenvalue weighted by atomic mass is 10.1. The summed E-state index contributed by atoms with van der Waals surface area (Å²) in [6.07, 6.45) is 2.88. The molecule has 1 atom stereocenters. The van der Waals surface area contributed by atoms with E-state index in [0.29, 0.717) is 18.5 Å². The van der Waals surface area contributed by atoms with Gasteiger partial charge in [0.1, 0.15) is 11.9 Å². The molecule has 132 valence electrons. The molecule has 1 aliphatic rings. The van der Waals surface area contributed by atoms with Gasteiger partial charge in [0.15, 0.2) is 0 Å². The van der Waals surface area contributed by atoms with Crippen molar-refractivity contribution < 1.29 is 9.59 Å². The van der Waals surface area contributed by atoms with Crippen LogP contribution in [0, 0.1) is 0 Å². The summed E-state index contributed by atoms with van der Waals surface area (Å²) in [7, 11) is 0. The number of imidazole rings is 1. The van der Waals surface area contributed by atoms with Gasteiger partial charge in [-0.15, -0.1) is 0 Å². The van der Waals surface area contributed by atoms with Crippen LogP contribution >= 0.6 is 0 Å². The highest BCUT2D eigenvalue weighted by Gasteiger charge is 2.23. The third kappa shape index (κ3) is 3.44. The van der Waals surface area contributed by atoms with E-state index >= 15 is 0 Å². The first kappa shape index (κ1) is 16.3. The smallest absolute Gasteiger partial charge is 0.246 e. The molecule has 26 heavy (non-hydrogen) atoms. The third-order valence-electron chi connectivity index (χ3n) is 4.61. The average molecular weight is 348 g/mol. The van der Waals surface area contributed by atoms with Crippen LogP contribution in [0.3, 0.4) is 0 Å². The Labute approximate surface area is 151 Å². The summed E-state index contributed by atoms with van der Waals surface area (Å²) in [6, 6.07) is 14.9. The SMILES string of the molecule is O=C1CCCCC(C(=O)Nc2ccc(-c3nc4ccccc4[nH]3)cc2)N1. The zero-order chi connectivity index (χ0) is 17.9. The van der Waals surface area contributed by atoms with E-state index in [-0.39, 0.29) is 11.8 Å². The largest absolute Gasteiger partial charge is 0.344 e. The highest BCUT2D eigenvalue weighted by atomic mass is 16.2. The predicted molar refractivity (Wildman–Crippen MR) is 101 cm³/mol. The summed E-state index contributed by atoms with van der Waals surface area (Å²) in [5.41, 5.74) is 3.56. The van der Waals surface area contributed by atoms with Gasteiger partial charge in [0.2, 0.25) is 11.8 Å². The number of benzene rings is 2. The number of hydrogen-bond donors (Lipinski definition) is 3. The number of aromatic nitrogens is 2. The minimum absolute atomic E-state index is 0.0529. The molecule has 1 aromatic heterocycles. The lowest BCUT2D eigenvalue weighted by Gasteiger charge is -2.15. The number of amides is 2. The Kier molecular flexibility index (Phi) is 4.39. The molecule has 3 N–H and O–H groups in total. The van der Waals surface area contributed by atoms with Crippen LogP contribution in [-0.2, 0) is 9.59 Å². The number of nitrogens with one attached hydrogen (secondary N) is 3. The molecule has 1 saturated heterocycles. The highest BCUT2D eigenvalue weighted by molar-refractivity contribution is 5.97. The van der Waals surface area contributed by atoms with E-state index in [1.54, 1.807) is 0 Å². The monoisotopic (exact) mass is 348 g/mol. The minimum Gasteiger partial charge on any atom is -0.344 e. The predicted octanol–water partition coefficient (Wildman–Crippen LogP) is 3.23. The molecule has 1 aliphatic heterocycles. The van der Waals surface area contributed by atoms with Crippen LogP contribution in [0.4, 0.5) is 5.69 Å². The number of hydrogen-bond acceptors (Lipinski definition) is 3. The molecule has 0 radical (unpaired) electrons. The summed E-state index contributed by atoms with van der Waals surface area (Å²) in [5, 5.41) is 5.67. The maximum absolute atomic E-state index is 12.4. The first-order valence-corrected chi connectivity index (χ1v) is 8.84. The van der Waals surface area contributed by atoms with Gasteiger partial charge in [-0.3, -0.25) is 9.59 Å². The fourth-order valence-corrected chi connectivity index (χ4v) is 3.20. The average Bonchev–Trinajstić information content (AvgIpc) is 2.97. The number of nitrogens with zero attached hydrogens (tertiary/aromatic N) is 1. The van der Waals surface area contributed by atoms with Crippen molar-refractivity contribution >= 4 is 28.5 Å². The van der Waals surface area contributed by atoms with Crippen molar-refractivity contribution in [1.29, 1.82) is 0 Å².